The summed E-state index contributed by atoms with van der Waals surface area (Å²) in [5.41, 5.74) is 8.57. The number of hydrogen-bond donors (Lipinski definition) is 1. The second-order valence-electron chi connectivity index (χ2n) is 7.46. The number of allylic oxidation sites excluding steroid dienone is 4. The molecule has 3 unspecified atom stereocenters. The molecule has 1 nitrogen and oxygen atoms in total. The maximum atomic E-state index is 4.02. The Kier molecular flexibility index (Phi) is 16.6. The van der Waals surface area contributed by atoms with Gasteiger partial charge in [-0.05, 0) is 20.8 Å². The molecule has 4 atom stereocenters. The van der Waals surface area contributed by atoms with Crippen molar-refractivity contribution in [2.24, 2.45) is 17.8 Å². The Morgan fingerprint density at radius 1 is 0.792 bits per heavy atom. The minimum Gasteiger partial charge on any atom is -0.354 e. The Morgan fingerprint density at radius 3 is 1.29 bits per heavy atom. The van der Waals surface area contributed by atoms with Gasteiger partial charge in [0.25, 0.3) is 0 Å². The summed E-state index contributed by atoms with van der Waals surface area (Å²) >= 11 is 0. The van der Waals surface area contributed by atoms with Crippen molar-refractivity contribution in [1.82, 2.24) is 0 Å². The molecule has 0 aromatic heterocycles. The molecule has 0 spiro atoms. The summed E-state index contributed by atoms with van der Waals surface area (Å²) in [6.45, 7) is 13.2. The zero-order chi connectivity index (χ0) is 16.7. The first-order valence-corrected chi connectivity index (χ1v) is 8.79. The standard InChI is InChI=1S/C7H13N.2C7H11.2Y/c1-5-3-6(2)7(8)4-5;2*1-6-3-4-7(2)5-6;;/h3,6-7H,4,8H2,1-2H3;2*3,5-6H,4H2,1-2H3;;/q;2*-1;;/p+1/t6?,7-;;;;/m0..../s1. The molecule has 0 heterocycles. The third-order valence-electron chi connectivity index (χ3n) is 4.59. The van der Waals surface area contributed by atoms with Crippen LogP contribution in [0.25, 0.3) is 0 Å². The molecule has 3 aliphatic carbocycles. The Balaban J connectivity index is 0. The second-order valence-corrected chi connectivity index (χ2v) is 7.46. The Bertz CT molecular complexity index is 411. The zero-order valence-electron chi connectivity index (χ0n) is 16.7. The van der Waals surface area contributed by atoms with Crippen molar-refractivity contribution < 1.29 is 71.2 Å². The van der Waals surface area contributed by atoms with E-state index in [4.69, 9.17) is 0 Å². The molecule has 3 N–H and O–H groups in total. The molecule has 3 aliphatic rings. The van der Waals surface area contributed by atoms with Crippen LogP contribution in [0.1, 0.15) is 60.8 Å². The fraction of sp³-hybridized carbons (Fsp3) is 0.619. The molecule has 0 aromatic carbocycles. The van der Waals surface area contributed by atoms with Crippen molar-refractivity contribution in [2.45, 2.75) is 66.8 Å². The Morgan fingerprint density at radius 2 is 1.21 bits per heavy atom. The minimum absolute atomic E-state index is 0. The molecule has 0 aliphatic heterocycles. The summed E-state index contributed by atoms with van der Waals surface area (Å²) in [5, 5.41) is 0. The fourth-order valence-corrected chi connectivity index (χ4v) is 3.17. The van der Waals surface area contributed by atoms with Crippen LogP contribution in [0.3, 0.4) is 0 Å². The average Bonchev–Trinajstić information content (AvgIpc) is 3.06. The first-order chi connectivity index (χ1) is 10.3. The number of rotatable bonds is 0. The summed E-state index contributed by atoms with van der Waals surface area (Å²) in [6.07, 6.45) is 15.2. The maximum Gasteiger partial charge on any atom is 0.0941 e. The van der Waals surface area contributed by atoms with Gasteiger partial charge in [-0.1, -0.05) is 32.4 Å². The quantitative estimate of drug-likeness (QED) is 0.376. The molecule has 0 aromatic rings. The third kappa shape index (κ3) is 11.9. The third-order valence-corrected chi connectivity index (χ3v) is 4.59. The molecular weight excluding hydrogens is 444 g/mol. The topological polar surface area (TPSA) is 27.6 Å². The van der Waals surface area contributed by atoms with Crippen molar-refractivity contribution >= 4 is 0 Å². The van der Waals surface area contributed by atoms with Gasteiger partial charge in [-0.3, -0.25) is 0 Å². The average molecular weight is 480 g/mol. The molecule has 2 radical (unpaired) electrons. The maximum absolute atomic E-state index is 4.02. The molecule has 0 saturated carbocycles. The molecule has 3 heteroatoms. The van der Waals surface area contributed by atoms with Crippen molar-refractivity contribution in [3.63, 3.8) is 0 Å². The van der Waals surface area contributed by atoms with Gasteiger partial charge in [0.05, 0.1) is 6.04 Å². The molecule has 3 rings (SSSR count). The summed E-state index contributed by atoms with van der Waals surface area (Å²) < 4.78 is 0. The van der Waals surface area contributed by atoms with Gasteiger partial charge in [-0.15, -0.1) is 23.3 Å². The van der Waals surface area contributed by atoms with E-state index in [0.717, 1.165) is 17.8 Å². The van der Waals surface area contributed by atoms with Crippen LogP contribution >= 0.6 is 0 Å². The van der Waals surface area contributed by atoms with E-state index in [-0.39, 0.29) is 65.4 Å². The van der Waals surface area contributed by atoms with Crippen molar-refractivity contribution in [1.29, 1.82) is 0 Å². The van der Waals surface area contributed by atoms with Gasteiger partial charge >= 0.3 is 0 Å². The van der Waals surface area contributed by atoms with Crippen LogP contribution < -0.4 is 5.73 Å². The van der Waals surface area contributed by atoms with Crippen LogP contribution in [-0.2, 0) is 65.4 Å². The fourth-order valence-electron chi connectivity index (χ4n) is 3.17. The minimum atomic E-state index is 0. The summed E-state index contributed by atoms with van der Waals surface area (Å²) in [7, 11) is 0. The van der Waals surface area contributed by atoms with Gasteiger partial charge in [-0.25, -0.2) is 0 Å². The molecule has 0 fully saturated rings. The van der Waals surface area contributed by atoms with E-state index >= 15 is 0 Å². The van der Waals surface area contributed by atoms with Crippen LogP contribution in [0.2, 0.25) is 0 Å². The smallest absolute Gasteiger partial charge is 0.0941 e. The SMILES string of the molecule is CC1=CC(C)[C@@H]([NH3+])C1.CC1=CC(C)[CH-]C1.CC1=CC(C)[CH-]C1.[Y].[Y]. The second kappa shape index (κ2) is 14.4. The summed E-state index contributed by atoms with van der Waals surface area (Å²) in [5.74, 6) is 2.19. The van der Waals surface area contributed by atoms with Crippen molar-refractivity contribution in [3.05, 3.63) is 47.8 Å². The number of hydrogen-bond acceptors (Lipinski definition) is 0. The van der Waals surface area contributed by atoms with Gasteiger partial charge in [0.15, 0.2) is 0 Å². The van der Waals surface area contributed by atoms with Gasteiger partial charge in [0.1, 0.15) is 0 Å². The first kappa shape index (κ1) is 27.6. The van der Waals surface area contributed by atoms with Gasteiger partial charge in [0.2, 0.25) is 0 Å². The van der Waals surface area contributed by atoms with Crippen LogP contribution in [-0.4, -0.2) is 6.04 Å². The molecule has 24 heavy (non-hydrogen) atoms. The monoisotopic (exact) mass is 480 g/mol. The van der Waals surface area contributed by atoms with Gasteiger partial charge < -0.3 is 18.6 Å². The molecule has 0 amide bonds. The van der Waals surface area contributed by atoms with Gasteiger partial charge in [0, 0.05) is 77.8 Å². The Labute approximate surface area is 201 Å². The molecule has 0 saturated heterocycles. The van der Waals surface area contributed by atoms with E-state index in [0.29, 0.717) is 6.04 Å². The van der Waals surface area contributed by atoms with E-state index in [2.05, 4.69) is 78.3 Å². The van der Waals surface area contributed by atoms with E-state index in [1.165, 1.54) is 36.0 Å². The van der Waals surface area contributed by atoms with Crippen LogP contribution in [0, 0.1) is 30.6 Å². The van der Waals surface area contributed by atoms with Crippen LogP contribution in [0.4, 0.5) is 0 Å². The summed E-state index contributed by atoms with van der Waals surface area (Å²) in [4.78, 5) is 0. The zero-order valence-corrected chi connectivity index (χ0v) is 22.4. The Hall–Kier alpha value is 1.39. The number of quaternary nitrogens is 1. The van der Waals surface area contributed by atoms with Crippen LogP contribution in [0.5, 0.6) is 0 Å². The summed E-state index contributed by atoms with van der Waals surface area (Å²) in [6, 6.07) is 0.648. The van der Waals surface area contributed by atoms with Crippen LogP contribution in [0.15, 0.2) is 34.9 Å². The van der Waals surface area contributed by atoms with E-state index < -0.39 is 0 Å². The molecular formula is C21H36NY2-. The van der Waals surface area contributed by atoms with Crippen molar-refractivity contribution in [3.8, 4) is 0 Å². The molecule has 132 valence electrons. The van der Waals surface area contributed by atoms with E-state index in [1.54, 1.807) is 0 Å². The van der Waals surface area contributed by atoms with E-state index in [9.17, 15) is 0 Å². The van der Waals surface area contributed by atoms with Gasteiger partial charge in [-0.2, -0.15) is 24.7 Å². The predicted octanol–water partition coefficient (Wildman–Crippen LogP) is 4.93. The molecule has 0 bridgehead atoms. The predicted molar refractivity (Wildman–Crippen MR) is 97.9 cm³/mol. The van der Waals surface area contributed by atoms with E-state index in [1.807, 2.05) is 0 Å². The van der Waals surface area contributed by atoms with Crippen molar-refractivity contribution in [2.75, 3.05) is 0 Å². The largest absolute Gasteiger partial charge is 0.354 e. The normalized spacial score (nSPS) is 30.4. The first-order valence-electron chi connectivity index (χ1n) is 8.79.